The number of fused-ring (bicyclic) bond motifs is 1. The maximum absolute atomic E-state index is 9.71. The molecule has 184 valence electrons. The molecule has 0 bridgehead atoms. The van der Waals surface area contributed by atoms with Gasteiger partial charge in [0.25, 0.3) is 0 Å². The molecule has 11 heteroatoms. The number of ether oxygens (including phenoxy) is 2. The van der Waals surface area contributed by atoms with Gasteiger partial charge in [0.2, 0.25) is 0 Å². The van der Waals surface area contributed by atoms with Crippen molar-refractivity contribution in [3.8, 4) is 11.8 Å². The summed E-state index contributed by atoms with van der Waals surface area (Å²) in [5, 5.41) is 17.8. The smallest absolute Gasteiger partial charge is 0.189 e. The average Bonchev–Trinajstić information content (AvgIpc) is 3.30. The van der Waals surface area contributed by atoms with E-state index in [0.29, 0.717) is 43.5 Å². The minimum Gasteiger partial charge on any atom is -0.495 e. The molecule has 0 amide bonds. The minimum atomic E-state index is 0.371. The molecule has 0 unspecified atom stereocenters. The molecule has 1 fully saturated rings. The van der Waals surface area contributed by atoms with Crippen LogP contribution >= 0.6 is 34.5 Å². The zero-order valence-corrected chi connectivity index (χ0v) is 21.7. The van der Waals surface area contributed by atoms with E-state index in [0.717, 1.165) is 43.2 Å². The number of anilines is 4. The summed E-state index contributed by atoms with van der Waals surface area (Å²) in [4.78, 5) is 11.4. The second-order valence-electron chi connectivity index (χ2n) is 8.13. The first-order valence-electron chi connectivity index (χ1n) is 11.2. The van der Waals surface area contributed by atoms with Crippen molar-refractivity contribution in [1.29, 1.82) is 5.26 Å². The second kappa shape index (κ2) is 10.9. The number of pyridine rings is 1. The standard InChI is InChI=1S/C25H22Cl2N6O2S/c1-34-21-11-20(18(26)10-19(21)27)31-22-16(12-28)13-29-24-23(22)36-25(32-24)30-17-4-2-15(3-5-17)14-33-6-8-35-9-7-33/h2-5,10-11,13H,6-9,14H2,1H3,(H2,29,30,31,32). The van der Waals surface area contributed by atoms with Gasteiger partial charge in [-0.05, 0) is 23.8 Å². The monoisotopic (exact) mass is 540 g/mol. The Hall–Kier alpha value is -3.13. The van der Waals surface area contributed by atoms with Crippen LogP contribution in [0.2, 0.25) is 10.0 Å². The lowest BCUT2D eigenvalue weighted by Gasteiger charge is -2.26. The fraction of sp³-hybridized carbons (Fsp3) is 0.240. The van der Waals surface area contributed by atoms with Gasteiger partial charge in [-0.2, -0.15) is 10.2 Å². The molecule has 5 rings (SSSR count). The number of nitriles is 1. The number of benzene rings is 2. The third kappa shape index (κ3) is 5.33. The zero-order chi connectivity index (χ0) is 25.1. The highest BCUT2D eigenvalue weighted by Crippen LogP contribution is 2.40. The maximum Gasteiger partial charge on any atom is 0.189 e. The Balaban J connectivity index is 1.39. The summed E-state index contributed by atoms with van der Waals surface area (Å²) < 4.78 is 11.5. The molecular formula is C25H22Cl2N6O2S. The summed E-state index contributed by atoms with van der Waals surface area (Å²) in [6.45, 7) is 4.38. The van der Waals surface area contributed by atoms with Gasteiger partial charge in [-0.15, -0.1) is 0 Å². The van der Waals surface area contributed by atoms with E-state index in [4.69, 9.17) is 32.7 Å². The SMILES string of the molecule is COc1cc(Nc2c(C#N)cnc3nc(Nc4ccc(CN5CCOCC5)cc4)sc23)c(Cl)cc1Cl. The van der Waals surface area contributed by atoms with Crippen molar-refractivity contribution in [3.05, 3.63) is 63.8 Å². The van der Waals surface area contributed by atoms with Crippen LogP contribution < -0.4 is 15.4 Å². The lowest BCUT2D eigenvalue weighted by Crippen LogP contribution is -2.35. The van der Waals surface area contributed by atoms with Crippen LogP contribution in [0.5, 0.6) is 5.75 Å². The van der Waals surface area contributed by atoms with Crippen molar-refractivity contribution in [3.63, 3.8) is 0 Å². The van der Waals surface area contributed by atoms with E-state index in [2.05, 4.69) is 43.7 Å². The predicted octanol–water partition coefficient (Wildman–Crippen LogP) is 6.20. The Morgan fingerprint density at radius 3 is 2.64 bits per heavy atom. The number of rotatable bonds is 7. The summed E-state index contributed by atoms with van der Waals surface area (Å²) in [5.74, 6) is 0.469. The molecular weight excluding hydrogens is 519 g/mol. The molecule has 2 N–H and O–H groups in total. The summed E-state index contributed by atoms with van der Waals surface area (Å²) in [6.07, 6.45) is 1.50. The summed E-state index contributed by atoms with van der Waals surface area (Å²) >= 11 is 14.0. The normalized spacial score (nSPS) is 13.9. The third-order valence-corrected chi connectivity index (χ3v) is 7.34. The summed E-state index contributed by atoms with van der Waals surface area (Å²) in [6, 6.07) is 13.8. The number of hydrogen-bond acceptors (Lipinski definition) is 9. The highest BCUT2D eigenvalue weighted by Gasteiger charge is 2.17. The fourth-order valence-corrected chi connectivity index (χ4v) is 5.34. The lowest BCUT2D eigenvalue weighted by molar-refractivity contribution is 0.0342. The zero-order valence-electron chi connectivity index (χ0n) is 19.3. The van der Waals surface area contributed by atoms with E-state index in [1.54, 1.807) is 12.1 Å². The van der Waals surface area contributed by atoms with E-state index < -0.39 is 0 Å². The van der Waals surface area contributed by atoms with Gasteiger partial charge >= 0.3 is 0 Å². The molecule has 1 aliphatic rings. The largest absolute Gasteiger partial charge is 0.495 e. The van der Waals surface area contributed by atoms with Crippen molar-refractivity contribution >= 4 is 67.1 Å². The van der Waals surface area contributed by atoms with E-state index in [1.807, 2.05) is 12.1 Å². The van der Waals surface area contributed by atoms with Gasteiger partial charge < -0.3 is 20.1 Å². The minimum absolute atomic E-state index is 0.371. The van der Waals surface area contributed by atoms with E-state index in [9.17, 15) is 5.26 Å². The number of nitrogens with one attached hydrogen (secondary N) is 2. The first kappa shape index (κ1) is 24.6. The van der Waals surface area contributed by atoms with Crippen LogP contribution in [0.1, 0.15) is 11.1 Å². The molecule has 0 aliphatic carbocycles. The molecule has 36 heavy (non-hydrogen) atoms. The fourth-order valence-electron chi connectivity index (χ4n) is 3.89. The molecule has 1 saturated heterocycles. The molecule has 4 aromatic rings. The third-order valence-electron chi connectivity index (χ3n) is 5.76. The quantitative estimate of drug-likeness (QED) is 0.286. The van der Waals surface area contributed by atoms with Crippen molar-refractivity contribution < 1.29 is 9.47 Å². The van der Waals surface area contributed by atoms with Gasteiger partial charge in [0.05, 0.1) is 47.3 Å². The van der Waals surface area contributed by atoms with Crippen molar-refractivity contribution in [2.45, 2.75) is 6.54 Å². The second-order valence-corrected chi connectivity index (χ2v) is 9.95. The number of morpholine rings is 1. The molecule has 0 radical (unpaired) electrons. The van der Waals surface area contributed by atoms with Crippen LogP contribution in [-0.4, -0.2) is 48.3 Å². The van der Waals surface area contributed by atoms with Gasteiger partial charge in [0.15, 0.2) is 10.8 Å². The van der Waals surface area contributed by atoms with Gasteiger partial charge in [0.1, 0.15) is 16.5 Å². The van der Waals surface area contributed by atoms with Crippen LogP contribution in [0.25, 0.3) is 10.3 Å². The highest BCUT2D eigenvalue weighted by atomic mass is 35.5. The average molecular weight is 541 g/mol. The van der Waals surface area contributed by atoms with Crippen LogP contribution in [0.3, 0.4) is 0 Å². The predicted molar refractivity (Wildman–Crippen MR) is 144 cm³/mol. The Bertz CT molecular complexity index is 1430. The number of halogens is 2. The van der Waals surface area contributed by atoms with Crippen LogP contribution in [-0.2, 0) is 11.3 Å². The maximum atomic E-state index is 9.71. The number of methoxy groups -OCH3 is 1. The van der Waals surface area contributed by atoms with Crippen molar-refractivity contribution in [1.82, 2.24) is 14.9 Å². The molecule has 0 spiro atoms. The van der Waals surface area contributed by atoms with E-state index >= 15 is 0 Å². The molecule has 0 atom stereocenters. The molecule has 8 nitrogen and oxygen atoms in total. The van der Waals surface area contributed by atoms with Gasteiger partial charge in [-0.25, -0.2) is 4.98 Å². The van der Waals surface area contributed by atoms with Crippen LogP contribution in [0, 0.1) is 11.3 Å². The van der Waals surface area contributed by atoms with Gasteiger partial charge in [0, 0.05) is 37.6 Å². The summed E-state index contributed by atoms with van der Waals surface area (Å²) in [7, 11) is 1.53. The molecule has 2 aromatic heterocycles. The van der Waals surface area contributed by atoms with Crippen LogP contribution in [0.15, 0.2) is 42.6 Å². The Morgan fingerprint density at radius 2 is 1.92 bits per heavy atom. The Kier molecular flexibility index (Phi) is 7.41. The van der Waals surface area contributed by atoms with Crippen LogP contribution in [0.4, 0.5) is 22.2 Å². The molecule has 3 heterocycles. The Morgan fingerprint density at radius 1 is 1.14 bits per heavy atom. The van der Waals surface area contributed by atoms with E-state index in [-0.39, 0.29) is 0 Å². The molecule has 1 aliphatic heterocycles. The van der Waals surface area contributed by atoms with Crippen molar-refractivity contribution in [2.75, 3.05) is 44.0 Å². The first-order chi connectivity index (χ1) is 17.5. The summed E-state index contributed by atoms with van der Waals surface area (Å²) in [5.41, 5.74) is 4.18. The lowest BCUT2D eigenvalue weighted by atomic mass is 10.2. The first-order valence-corrected chi connectivity index (χ1v) is 12.8. The molecule has 0 saturated carbocycles. The van der Waals surface area contributed by atoms with E-state index in [1.165, 1.54) is 30.2 Å². The number of aromatic nitrogens is 2. The highest BCUT2D eigenvalue weighted by molar-refractivity contribution is 7.22. The number of thiazole rings is 1. The number of nitrogens with zero attached hydrogens (tertiary/aromatic N) is 4. The Labute approximate surface area is 222 Å². The topological polar surface area (TPSA) is 95.3 Å². The van der Waals surface area contributed by atoms with Crippen molar-refractivity contribution in [2.24, 2.45) is 0 Å². The number of hydrogen-bond donors (Lipinski definition) is 2. The molecule has 2 aromatic carbocycles. The van der Waals surface area contributed by atoms with Gasteiger partial charge in [-0.3, -0.25) is 4.90 Å². The van der Waals surface area contributed by atoms with Gasteiger partial charge in [-0.1, -0.05) is 46.7 Å².